The third kappa shape index (κ3) is 7.00. The van der Waals surface area contributed by atoms with E-state index in [1.54, 1.807) is 42.7 Å². The van der Waals surface area contributed by atoms with Gasteiger partial charge in [0.15, 0.2) is 0 Å². The van der Waals surface area contributed by atoms with Gasteiger partial charge in [0.25, 0.3) is 0 Å². The van der Waals surface area contributed by atoms with Gasteiger partial charge < -0.3 is 19.9 Å². The van der Waals surface area contributed by atoms with Gasteiger partial charge in [-0.15, -0.1) is 0 Å². The molecule has 3 heterocycles. The maximum atomic E-state index is 13.4. The van der Waals surface area contributed by atoms with E-state index in [0.29, 0.717) is 38.3 Å². The number of pyridine rings is 1. The minimum absolute atomic E-state index is 0.0103. The molecule has 2 aromatic carbocycles. The predicted octanol–water partition coefficient (Wildman–Crippen LogP) is 2.00. The van der Waals surface area contributed by atoms with Crippen LogP contribution in [-0.4, -0.2) is 88.9 Å². The van der Waals surface area contributed by atoms with Gasteiger partial charge in [0, 0.05) is 49.7 Å². The Kier molecular flexibility index (Phi) is 9.28. The van der Waals surface area contributed by atoms with Crippen molar-refractivity contribution >= 4 is 20.0 Å². The van der Waals surface area contributed by atoms with Crippen molar-refractivity contribution in [3.05, 3.63) is 73.1 Å². The third-order valence-corrected chi connectivity index (χ3v) is 11.1. The number of nitrogens with one attached hydrogen (secondary N) is 2. The largest absolute Gasteiger partial charge is 0.491 e. The standard InChI is InChI=1S/C29H36N4O7S2/c1-30-41(35,36)27-8-3-7-26(16-27)39-21-25(34)19-32-24-17-29(40-20-24)10-13-33(14-11-29)42(37,38)28-9-2-5-22(15-28)23-6-4-12-31-18-23/h2-9,12,15-16,18,24-25,30,32,34H,10-11,13-14,17,19-21H2,1H3/t24-,25?/m1/s1. The fraction of sp³-hybridized carbons (Fsp3) is 0.414. The SMILES string of the molecule is CNS(=O)(=O)c1cccc(OCC(O)CN[C@H]2COC3(CCN(S(=O)(=O)c4cccc(-c5cccnc5)c4)CC3)C2)c1. The molecule has 3 aromatic rings. The first-order valence-electron chi connectivity index (χ1n) is 13.8. The summed E-state index contributed by atoms with van der Waals surface area (Å²) in [6.07, 6.45) is 4.46. The molecule has 2 fully saturated rings. The Hall–Kier alpha value is -2.91. The van der Waals surface area contributed by atoms with Crippen molar-refractivity contribution in [1.82, 2.24) is 19.3 Å². The van der Waals surface area contributed by atoms with E-state index in [1.165, 1.54) is 23.5 Å². The molecule has 0 radical (unpaired) electrons. The summed E-state index contributed by atoms with van der Waals surface area (Å²) in [6.45, 7) is 1.46. The summed E-state index contributed by atoms with van der Waals surface area (Å²) >= 11 is 0. The number of sulfonamides is 2. The van der Waals surface area contributed by atoms with Crippen molar-refractivity contribution in [3.8, 4) is 16.9 Å². The second-order valence-corrected chi connectivity index (χ2v) is 14.4. The lowest BCUT2D eigenvalue weighted by atomic mass is 9.88. The van der Waals surface area contributed by atoms with Crippen LogP contribution < -0.4 is 14.8 Å². The normalized spacial score (nSPS) is 20.0. The van der Waals surface area contributed by atoms with Crippen LogP contribution in [0.1, 0.15) is 19.3 Å². The van der Waals surface area contributed by atoms with Crippen molar-refractivity contribution in [2.24, 2.45) is 0 Å². The van der Waals surface area contributed by atoms with Crippen molar-refractivity contribution in [1.29, 1.82) is 0 Å². The molecule has 0 saturated carbocycles. The van der Waals surface area contributed by atoms with Gasteiger partial charge in [-0.3, -0.25) is 4.98 Å². The minimum atomic E-state index is -3.66. The molecular formula is C29H36N4O7S2. The topological polar surface area (TPSA) is 147 Å². The van der Waals surface area contributed by atoms with E-state index >= 15 is 0 Å². The van der Waals surface area contributed by atoms with Crippen LogP contribution in [0.2, 0.25) is 0 Å². The van der Waals surface area contributed by atoms with Crippen LogP contribution in [0.25, 0.3) is 11.1 Å². The second kappa shape index (κ2) is 12.8. The van der Waals surface area contributed by atoms with Crippen molar-refractivity contribution < 1.29 is 31.4 Å². The number of rotatable bonds is 11. The first-order chi connectivity index (χ1) is 20.1. The Bertz CT molecular complexity index is 1580. The lowest BCUT2D eigenvalue weighted by Gasteiger charge is -2.38. The lowest BCUT2D eigenvalue weighted by molar-refractivity contribution is -0.0312. The van der Waals surface area contributed by atoms with E-state index in [2.05, 4.69) is 15.0 Å². The van der Waals surface area contributed by atoms with Gasteiger partial charge in [-0.1, -0.05) is 24.3 Å². The fourth-order valence-electron chi connectivity index (χ4n) is 5.38. The monoisotopic (exact) mass is 616 g/mol. The summed E-state index contributed by atoms with van der Waals surface area (Å²) < 4.78 is 66.5. The van der Waals surface area contributed by atoms with Crippen molar-refractivity contribution in [2.45, 2.75) is 46.8 Å². The fourth-order valence-corrected chi connectivity index (χ4v) is 7.63. The first kappa shape index (κ1) is 30.5. The van der Waals surface area contributed by atoms with E-state index in [1.807, 2.05) is 18.2 Å². The molecule has 13 heteroatoms. The molecule has 2 atom stereocenters. The number of piperidine rings is 1. The van der Waals surface area contributed by atoms with Gasteiger partial charge in [-0.25, -0.2) is 21.6 Å². The number of ether oxygens (including phenoxy) is 2. The Balaban J connectivity index is 1.10. The molecule has 0 amide bonds. The van der Waals surface area contributed by atoms with Crippen LogP contribution in [0.15, 0.2) is 82.8 Å². The van der Waals surface area contributed by atoms with Gasteiger partial charge in [-0.05, 0) is 62.2 Å². The molecule has 1 aromatic heterocycles. The summed E-state index contributed by atoms with van der Waals surface area (Å²) in [5.41, 5.74) is 1.26. The zero-order chi connectivity index (χ0) is 29.8. The molecule has 42 heavy (non-hydrogen) atoms. The number of aliphatic hydroxyl groups excluding tert-OH is 1. The average Bonchev–Trinajstić information content (AvgIpc) is 3.41. The number of aliphatic hydroxyl groups is 1. The van der Waals surface area contributed by atoms with Crippen LogP contribution in [0.5, 0.6) is 5.75 Å². The minimum Gasteiger partial charge on any atom is -0.491 e. The Morgan fingerprint density at radius 3 is 2.52 bits per heavy atom. The van der Waals surface area contributed by atoms with E-state index in [0.717, 1.165) is 17.5 Å². The molecule has 11 nitrogen and oxygen atoms in total. The smallest absolute Gasteiger partial charge is 0.243 e. The van der Waals surface area contributed by atoms with E-state index in [-0.39, 0.29) is 29.0 Å². The van der Waals surface area contributed by atoms with Crippen LogP contribution in [0.3, 0.4) is 0 Å². The zero-order valence-electron chi connectivity index (χ0n) is 23.3. The van der Waals surface area contributed by atoms with E-state index in [9.17, 15) is 21.9 Å². The summed E-state index contributed by atoms with van der Waals surface area (Å²) in [6, 6.07) is 16.8. The molecule has 0 aliphatic carbocycles. The maximum Gasteiger partial charge on any atom is 0.243 e. The highest BCUT2D eigenvalue weighted by Gasteiger charge is 2.44. The lowest BCUT2D eigenvalue weighted by Crippen LogP contribution is -2.47. The summed E-state index contributed by atoms with van der Waals surface area (Å²) in [5.74, 6) is 0.346. The predicted molar refractivity (Wildman–Crippen MR) is 157 cm³/mol. The Morgan fingerprint density at radius 2 is 1.79 bits per heavy atom. The van der Waals surface area contributed by atoms with Gasteiger partial charge in [0.2, 0.25) is 20.0 Å². The second-order valence-electron chi connectivity index (χ2n) is 10.6. The molecule has 0 bridgehead atoms. The highest BCUT2D eigenvalue weighted by molar-refractivity contribution is 7.89. The van der Waals surface area contributed by atoms with Gasteiger partial charge >= 0.3 is 0 Å². The summed E-state index contributed by atoms with van der Waals surface area (Å²) in [7, 11) is -5.91. The Morgan fingerprint density at radius 1 is 1.05 bits per heavy atom. The number of benzene rings is 2. The van der Waals surface area contributed by atoms with Crippen molar-refractivity contribution in [3.63, 3.8) is 0 Å². The zero-order valence-corrected chi connectivity index (χ0v) is 25.0. The van der Waals surface area contributed by atoms with E-state index in [4.69, 9.17) is 9.47 Å². The number of aromatic nitrogens is 1. The van der Waals surface area contributed by atoms with Crippen LogP contribution in [0, 0.1) is 0 Å². The molecule has 5 rings (SSSR count). The van der Waals surface area contributed by atoms with Gasteiger partial charge in [-0.2, -0.15) is 4.31 Å². The van der Waals surface area contributed by atoms with Gasteiger partial charge in [0.1, 0.15) is 18.5 Å². The molecule has 2 aliphatic rings. The highest BCUT2D eigenvalue weighted by atomic mass is 32.2. The number of hydrogen-bond acceptors (Lipinski definition) is 9. The Labute approximate surface area is 247 Å². The quantitative estimate of drug-likeness (QED) is 0.294. The van der Waals surface area contributed by atoms with Crippen LogP contribution >= 0.6 is 0 Å². The molecule has 226 valence electrons. The molecule has 1 unspecified atom stereocenters. The first-order valence-corrected chi connectivity index (χ1v) is 16.8. The average molecular weight is 617 g/mol. The molecule has 2 aliphatic heterocycles. The van der Waals surface area contributed by atoms with Crippen LogP contribution in [-0.2, 0) is 24.8 Å². The third-order valence-electron chi connectivity index (χ3n) is 7.78. The maximum absolute atomic E-state index is 13.4. The van der Waals surface area contributed by atoms with Gasteiger partial charge in [0.05, 0.1) is 22.0 Å². The summed E-state index contributed by atoms with van der Waals surface area (Å²) in [5, 5.41) is 13.8. The number of nitrogens with zero attached hydrogens (tertiary/aromatic N) is 2. The molecular weight excluding hydrogens is 580 g/mol. The molecule has 3 N–H and O–H groups in total. The number of hydrogen-bond donors (Lipinski definition) is 3. The molecule has 1 spiro atoms. The van der Waals surface area contributed by atoms with Crippen molar-refractivity contribution in [2.75, 3.05) is 39.9 Å². The molecule has 2 saturated heterocycles. The van der Waals surface area contributed by atoms with E-state index < -0.39 is 31.8 Å². The summed E-state index contributed by atoms with van der Waals surface area (Å²) in [4.78, 5) is 4.47. The van der Waals surface area contributed by atoms with Crippen LogP contribution in [0.4, 0.5) is 0 Å². The highest BCUT2D eigenvalue weighted by Crippen LogP contribution is 2.37.